The molecule has 0 aliphatic rings. The molecular formula is C13H15ClN4S. The molecule has 2 rings (SSSR count). The van der Waals surface area contributed by atoms with E-state index in [1.165, 1.54) is 18.1 Å². The third-order valence-electron chi connectivity index (χ3n) is 2.42. The highest BCUT2D eigenvalue weighted by Gasteiger charge is 2.09. The Balaban J connectivity index is 2.18. The lowest BCUT2D eigenvalue weighted by Gasteiger charge is -2.10. The molecule has 0 bridgehead atoms. The lowest BCUT2D eigenvalue weighted by Crippen LogP contribution is -2.06. The van der Waals surface area contributed by atoms with Gasteiger partial charge < -0.3 is 11.1 Å². The number of nitrogens with one attached hydrogen (secondary N) is 1. The Hall–Kier alpha value is -1.46. The molecule has 100 valence electrons. The standard InChI is InChI=1S/C13H15ClN4S/c1-2-7-16-12-11(15)13(18-8-17-12)19-10-5-3-9(14)4-6-10/h3-6,8H,2,7,15H2,1H3,(H,16,17,18). The molecule has 0 amide bonds. The van der Waals surface area contributed by atoms with E-state index in [9.17, 15) is 0 Å². The van der Waals surface area contributed by atoms with Gasteiger partial charge in [-0.2, -0.15) is 0 Å². The Morgan fingerprint density at radius 2 is 2.00 bits per heavy atom. The zero-order valence-corrected chi connectivity index (χ0v) is 12.1. The normalized spacial score (nSPS) is 10.4. The molecule has 0 saturated heterocycles. The minimum absolute atomic E-state index is 0.580. The number of rotatable bonds is 5. The first-order chi connectivity index (χ1) is 9.20. The fourth-order valence-electron chi connectivity index (χ4n) is 1.46. The molecule has 1 aromatic carbocycles. The van der Waals surface area contributed by atoms with Crippen molar-refractivity contribution in [2.24, 2.45) is 0 Å². The second-order valence-corrected chi connectivity index (χ2v) is 5.42. The van der Waals surface area contributed by atoms with Gasteiger partial charge in [-0.15, -0.1) is 0 Å². The van der Waals surface area contributed by atoms with Crippen LogP contribution in [0.2, 0.25) is 5.02 Å². The second kappa shape index (κ2) is 6.63. The van der Waals surface area contributed by atoms with Gasteiger partial charge in [0.1, 0.15) is 17.0 Å². The number of nitrogens with zero attached hydrogens (tertiary/aromatic N) is 2. The van der Waals surface area contributed by atoms with Crippen LogP contribution < -0.4 is 11.1 Å². The van der Waals surface area contributed by atoms with Crippen LogP contribution in [0, 0.1) is 0 Å². The van der Waals surface area contributed by atoms with Crippen molar-refractivity contribution in [1.82, 2.24) is 9.97 Å². The van der Waals surface area contributed by atoms with Gasteiger partial charge in [-0.3, -0.25) is 0 Å². The molecule has 0 atom stereocenters. The van der Waals surface area contributed by atoms with Crippen LogP contribution in [0.5, 0.6) is 0 Å². The highest BCUT2D eigenvalue weighted by atomic mass is 35.5. The van der Waals surface area contributed by atoms with E-state index in [4.69, 9.17) is 17.3 Å². The van der Waals surface area contributed by atoms with Crippen LogP contribution in [0.15, 0.2) is 40.5 Å². The maximum atomic E-state index is 6.07. The van der Waals surface area contributed by atoms with Crippen molar-refractivity contribution in [3.8, 4) is 0 Å². The molecule has 1 heterocycles. The number of nitrogens with two attached hydrogens (primary N) is 1. The van der Waals surface area contributed by atoms with Gasteiger partial charge in [0.05, 0.1) is 0 Å². The van der Waals surface area contributed by atoms with Crippen molar-refractivity contribution >= 4 is 34.9 Å². The first-order valence-electron chi connectivity index (χ1n) is 5.98. The van der Waals surface area contributed by atoms with Crippen LogP contribution in [-0.2, 0) is 0 Å². The summed E-state index contributed by atoms with van der Waals surface area (Å²) in [5.74, 6) is 0.688. The number of aromatic nitrogens is 2. The molecule has 0 aliphatic heterocycles. The molecule has 4 nitrogen and oxygen atoms in total. The quantitative estimate of drug-likeness (QED) is 0.824. The second-order valence-electron chi connectivity index (χ2n) is 3.92. The highest BCUT2D eigenvalue weighted by Crippen LogP contribution is 2.33. The Bertz CT molecular complexity index is 545. The van der Waals surface area contributed by atoms with E-state index in [1.807, 2.05) is 24.3 Å². The highest BCUT2D eigenvalue weighted by molar-refractivity contribution is 7.99. The molecule has 0 radical (unpaired) electrons. The van der Waals surface area contributed by atoms with Gasteiger partial charge in [0.2, 0.25) is 0 Å². The van der Waals surface area contributed by atoms with E-state index in [0.29, 0.717) is 16.5 Å². The number of nitrogen functional groups attached to an aromatic ring is 1. The largest absolute Gasteiger partial charge is 0.394 e. The molecule has 1 aromatic heterocycles. The van der Waals surface area contributed by atoms with Gasteiger partial charge in [0.15, 0.2) is 5.82 Å². The molecule has 6 heteroatoms. The Morgan fingerprint density at radius 1 is 1.26 bits per heavy atom. The molecule has 0 aliphatic carbocycles. The monoisotopic (exact) mass is 294 g/mol. The van der Waals surface area contributed by atoms with Crippen LogP contribution >= 0.6 is 23.4 Å². The van der Waals surface area contributed by atoms with Crippen molar-refractivity contribution in [2.75, 3.05) is 17.6 Å². The Kier molecular flexibility index (Phi) is 4.87. The van der Waals surface area contributed by atoms with E-state index >= 15 is 0 Å². The predicted molar refractivity (Wildman–Crippen MR) is 80.8 cm³/mol. The minimum Gasteiger partial charge on any atom is -0.394 e. The van der Waals surface area contributed by atoms with Gasteiger partial charge in [0.25, 0.3) is 0 Å². The van der Waals surface area contributed by atoms with E-state index in [0.717, 1.165) is 22.9 Å². The van der Waals surface area contributed by atoms with E-state index in [1.54, 1.807) is 0 Å². The van der Waals surface area contributed by atoms with Crippen LogP contribution in [0.1, 0.15) is 13.3 Å². The Morgan fingerprint density at radius 3 is 2.68 bits per heavy atom. The summed E-state index contributed by atoms with van der Waals surface area (Å²) in [4.78, 5) is 9.41. The molecular weight excluding hydrogens is 280 g/mol. The lowest BCUT2D eigenvalue weighted by atomic mass is 10.4. The summed E-state index contributed by atoms with van der Waals surface area (Å²) in [6.07, 6.45) is 2.54. The lowest BCUT2D eigenvalue weighted by molar-refractivity contribution is 0.956. The zero-order chi connectivity index (χ0) is 13.7. The predicted octanol–water partition coefficient (Wildman–Crippen LogP) is 3.69. The number of halogens is 1. The summed E-state index contributed by atoms with van der Waals surface area (Å²) in [7, 11) is 0. The molecule has 0 saturated carbocycles. The van der Waals surface area contributed by atoms with Gasteiger partial charge in [-0.25, -0.2) is 9.97 Å². The average molecular weight is 295 g/mol. The maximum Gasteiger partial charge on any atom is 0.153 e. The maximum absolute atomic E-state index is 6.07. The summed E-state index contributed by atoms with van der Waals surface area (Å²) < 4.78 is 0. The van der Waals surface area contributed by atoms with Crippen LogP contribution in [0.4, 0.5) is 11.5 Å². The van der Waals surface area contributed by atoms with Crippen molar-refractivity contribution in [3.05, 3.63) is 35.6 Å². The van der Waals surface area contributed by atoms with Gasteiger partial charge >= 0.3 is 0 Å². The smallest absolute Gasteiger partial charge is 0.153 e. The van der Waals surface area contributed by atoms with Crippen LogP contribution in [0.3, 0.4) is 0 Å². The number of hydrogen-bond donors (Lipinski definition) is 2. The molecule has 0 unspecified atom stereocenters. The third-order valence-corrected chi connectivity index (χ3v) is 3.70. The zero-order valence-electron chi connectivity index (χ0n) is 10.6. The van der Waals surface area contributed by atoms with E-state index in [-0.39, 0.29) is 0 Å². The third kappa shape index (κ3) is 3.75. The fraction of sp³-hybridized carbons (Fsp3) is 0.231. The van der Waals surface area contributed by atoms with Crippen molar-refractivity contribution < 1.29 is 0 Å². The summed E-state index contributed by atoms with van der Waals surface area (Å²) in [6.45, 7) is 2.93. The van der Waals surface area contributed by atoms with E-state index < -0.39 is 0 Å². The van der Waals surface area contributed by atoms with Crippen LogP contribution in [0.25, 0.3) is 0 Å². The average Bonchev–Trinajstić information content (AvgIpc) is 2.42. The first kappa shape index (κ1) is 14.0. The summed E-state index contributed by atoms with van der Waals surface area (Å²) in [6, 6.07) is 7.57. The SMILES string of the molecule is CCCNc1ncnc(Sc2ccc(Cl)cc2)c1N. The van der Waals surface area contributed by atoms with E-state index in [2.05, 4.69) is 22.2 Å². The van der Waals surface area contributed by atoms with Crippen molar-refractivity contribution in [2.45, 2.75) is 23.3 Å². The van der Waals surface area contributed by atoms with Crippen molar-refractivity contribution in [3.63, 3.8) is 0 Å². The summed E-state index contributed by atoms with van der Waals surface area (Å²) in [5, 5.41) is 4.65. The summed E-state index contributed by atoms with van der Waals surface area (Å²) in [5.41, 5.74) is 6.65. The number of benzene rings is 1. The fourth-order valence-corrected chi connectivity index (χ4v) is 2.39. The van der Waals surface area contributed by atoms with Gasteiger partial charge in [-0.05, 0) is 30.7 Å². The first-order valence-corrected chi connectivity index (χ1v) is 7.18. The minimum atomic E-state index is 0.580. The molecule has 2 aromatic rings. The number of hydrogen-bond acceptors (Lipinski definition) is 5. The summed E-state index contributed by atoms with van der Waals surface area (Å²) >= 11 is 7.35. The van der Waals surface area contributed by atoms with Crippen LogP contribution in [-0.4, -0.2) is 16.5 Å². The topological polar surface area (TPSA) is 63.8 Å². The van der Waals surface area contributed by atoms with Crippen molar-refractivity contribution in [1.29, 1.82) is 0 Å². The molecule has 19 heavy (non-hydrogen) atoms. The van der Waals surface area contributed by atoms with Gasteiger partial charge in [0, 0.05) is 16.5 Å². The molecule has 0 spiro atoms. The van der Waals surface area contributed by atoms with Gasteiger partial charge in [-0.1, -0.05) is 30.3 Å². The number of anilines is 2. The molecule has 0 fully saturated rings. The molecule has 3 N–H and O–H groups in total. The Labute approximate surface area is 121 Å².